The average Bonchev–Trinajstić information content (AvgIpc) is 2.35. The van der Waals surface area contributed by atoms with E-state index in [0.717, 1.165) is 25.2 Å². The van der Waals surface area contributed by atoms with Gasteiger partial charge in [-0.3, -0.25) is 0 Å². The van der Waals surface area contributed by atoms with E-state index in [0.29, 0.717) is 17.9 Å². The quantitative estimate of drug-likeness (QED) is 0.756. The van der Waals surface area contributed by atoms with Gasteiger partial charge in [-0.25, -0.2) is 0 Å². The maximum absolute atomic E-state index is 8.97. The topological polar surface area (TPSA) is 36.3 Å². The Bertz CT molecular complexity index is 392. The number of nitrogens with zero attached hydrogens (tertiary/aromatic N) is 2. The van der Waals surface area contributed by atoms with Crippen molar-refractivity contribution in [3.63, 3.8) is 0 Å². The SMILES string of the molecule is CCN(CC)CCOc1cc(C)ccc1C#N. The summed E-state index contributed by atoms with van der Waals surface area (Å²) < 4.78 is 5.68. The molecule has 1 aromatic carbocycles. The first kappa shape index (κ1) is 13.5. The van der Waals surface area contributed by atoms with Gasteiger partial charge in [0.05, 0.1) is 5.56 Å². The minimum Gasteiger partial charge on any atom is -0.491 e. The number of rotatable bonds is 6. The van der Waals surface area contributed by atoms with Crippen LogP contribution in [0.5, 0.6) is 5.75 Å². The molecule has 0 aliphatic heterocycles. The molecule has 17 heavy (non-hydrogen) atoms. The lowest BCUT2D eigenvalue weighted by molar-refractivity contribution is 0.222. The fraction of sp³-hybridized carbons (Fsp3) is 0.500. The zero-order chi connectivity index (χ0) is 12.7. The fourth-order valence-electron chi connectivity index (χ4n) is 1.67. The molecular weight excluding hydrogens is 212 g/mol. The Kier molecular flexibility index (Phi) is 5.51. The van der Waals surface area contributed by atoms with Crippen molar-refractivity contribution in [3.8, 4) is 11.8 Å². The molecule has 0 heterocycles. The molecule has 0 saturated carbocycles. The van der Waals surface area contributed by atoms with Crippen molar-refractivity contribution in [1.29, 1.82) is 5.26 Å². The third-order valence-corrected chi connectivity index (χ3v) is 2.82. The monoisotopic (exact) mass is 232 g/mol. The first-order valence-corrected chi connectivity index (χ1v) is 6.07. The van der Waals surface area contributed by atoms with Crippen molar-refractivity contribution in [2.45, 2.75) is 20.8 Å². The molecule has 92 valence electrons. The first-order valence-electron chi connectivity index (χ1n) is 6.07. The standard InChI is InChI=1S/C14H20N2O/c1-4-16(5-2)8-9-17-14-10-12(3)6-7-13(14)11-15/h6-7,10H,4-5,8-9H2,1-3H3. The second-order valence-corrected chi connectivity index (χ2v) is 3.99. The molecule has 0 aliphatic rings. The van der Waals surface area contributed by atoms with Gasteiger partial charge in [-0.15, -0.1) is 0 Å². The molecule has 0 saturated heterocycles. The van der Waals surface area contributed by atoms with Crippen LogP contribution >= 0.6 is 0 Å². The van der Waals surface area contributed by atoms with Crippen LogP contribution in [0.15, 0.2) is 18.2 Å². The Labute approximate surface area is 104 Å². The van der Waals surface area contributed by atoms with Crippen LogP contribution in [0, 0.1) is 18.3 Å². The summed E-state index contributed by atoms with van der Waals surface area (Å²) in [5.74, 6) is 0.694. The second kappa shape index (κ2) is 6.93. The third-order valence-electron chi connectivity index (χ3n) is 2.82. The van der Waals surface area contributed by atoms with E-state index < -0.39 is 0 Å². The zero-order valence-electron chi connectivity index (χ0n) is 10.9. The number of benzene rings is 1. The summed E-state index contributed by atoms with van der Waals surface area (Å²) in [6.07, 6.45) is 0. The summed E-state index contributed by atoms with van der Waals surface area (Å²) in [5, 5.41) is 8.97. The molecule has 0 fully saturated rings. The maximum atomic E-state index is 8.97. The van der Waals surface area contributed by atoms with Crippen LogP contribution in [-0.4, -0.2) is 31.1 Å². The summed E-state index contributed by atoms with van der Waals surface area (Å²) in [7, 11) is 0. The molecule has 0 spiro atoms. The normalized spacial score (nSPS) is 10.3. The molecule has 0 aromatic heterocycles. The molecule has 3 nitrogen and oxygen atoms in total. The highest BCUT2D eigenvalue weighted by Gasteiger charge is 2.04. The third kappa shape index (κ3) is 4.08. The smallest absolute Gasteiger partial charge is 0.137 e. The van der Waals surface area contributed by atoms with E-state index in [1.54, 1.807) is 0 Å². The molecule has 1 rings (SSSR count). The van der Waals surface area contributed by atoms with Crippen molar-refractivity contribution >= 4 is 0 Å². The van der Waals surface area contributed by atoms with Gasteiger partial charge in [0.1, 0.15) is 18.4 Å². The van der Waals surface area contributed by atoms with Crippen molar-refractivity contribution in [1.82, 2.24) is 4.90 Å². The summed E-state index contributed by atoms with van der Waals surface area (Å²) in [6, 6.07) is 7.80. The van der Waals surface area contributed by atoms with E-state index in [1.165, 1.54) is 0 Å². The Hall–Kier alpha value is -1.53. The van der Waals surface area contributed by atoms with Crippen LogP contribution in [0.25, 0.3) is 0 Å². The molecule has 0 N–H and O–H groups in total. The summed E-state index contributed by atoms with van der Waals surface area (Å²) in [4.78, 5) is 2.29. The minimum absolute atomic E-state index is 0.607. The summed E-state index contributed by atoms with van der Waals surface area (Å²) >= 11 is 0. The lowest BCUT2D eigenvalue weighted by Crippen LogP contribution is -2.28. The van der Waals surface area contributed by atoms with E-state index in [1.807, 2.05) is 25.1 Å². The summed E-state index contributed by atoms with van der Waals surface area (Å²) in [5.41, 5.74) is 1.72. The highest BCUT2D eigenvalue weighted by molar-refractivity contribution is 5.44. The van der Waals surface area contributed by atoms with Gasteiger partial charge < -0.3 is 9.64 Å². The Morgan fingerprint density at radius 1 is 1.29 bits per heavy atom. The molecule has 0 atom stereocenters. The van der Waals surface area contributed by atoms with Gasteiger partial charge in [0.15, 0.2) is 0 Å². The number of nitriles is 1. The molecule has 0 bridgehead atoms. The van der Waals surface area contributed by atoms with Crippen molar-refractivity contribution in [3.05, 3.63) is 29.3 Å². The average molecular weight is 232 g/mol. The number of ether oxygens (including phenoxy) is 1. The van der Waals surface area contributed by atoms with Crippen LogP contribution in [0.3, 0.4) is 0 Å². The van der Waals surface area contributed by atoms with Gasteiger partial charge in [0, 0.05) is 6.54 Å². The zero-order valence-corrected chi connectivity index (χ0v) is 10.9. The molecular formula is C14H20N2O. The molecule has 0 unspecified atom stereocenters. The number of likely N-dealkylation sites (N-methyl/N-ethyl adjacent to an activating group) is 1. The fourth-order valence-corrected chi connectivity index (χ4v) is 1.67. The van der Waals surface area contributed by atoms with E-state index >= 15 is 0 Å². The lowest BCUT2D eigenvalue weighted by atomic mass is 10.1. The second-order valence-electron chi connectivity index (χ2n) is 3.99. The predicted octanol–water partition coefficient (Wildman–Crippen LogP) is 2.59. The molecule has 0 amide bonds. The maximum Gasteiger partial charge on any atom is 0.137 e. The van der Waals surface area contributed by atoms with Crippen LogP contribution < -0.4 is 4.74 Å². The highest BCUT2D eigenvalue weighted by Crippen LogP contribution is 2.19. The number of hydrogen-bond donors (Lipinski definition) is 0. The van der Waals surface area contributed by atoms with Crippen molar-refractivity contribution in [2.24, 2.45) is 0 Å². The van der Waals surface area contributed by atoms with E-state index in [-0.39, 0.29) is 0 Å². The Morgan fingerprint density at radius 3 is 2.59 bits per heavy atom. The molecule has 1 aromatic rings. The minimum atomic E-state index is 0.607. The first-order chi connectivity index (χ1) is 8.21. The van der Waals surface area contributed by atoms with Crippen molar-refractivity contribution < 1.29 is 4.74 Å². The van der Waals surface area contributed by atoms with Crippen LogP contribution in [-0.2, 0) is 0 Å². The van der Waals surface area contributed by atoms with Gasteiger partial charge in [0.25, 0.3) is 0 Å². The largest absolute Gasteiger partial charge is 0.491 e. The Balaban J connectivity index is 2.57. The van der Waals surface area contributed by atoms with E-state index in [4.69, 9.17) is 10.00 Å². The van der Waals surface area contributed by atoms with Gasteiger partial charge in [-0.1, -0.05) is 19.9 Å². The van der Waals surface area contributed by atoms with Gasteiger partial charge in [-0.05, 0) is 37.7 Å². The van der Waals surface area contributed by atoms with E-state index in [2.05, 4.69) is 24.8 Å². The lowest BCUT2D eigenvalue weighted by Gasteiger charge is -2.18. The van der Waals surface area contributed by atoms with Crippen molar-refractivity contribution in [2.75, 3.05) is 26.2 Å². The van der Waals surface area contributed by atoms with E-state index in [9.17, 15) is 0 Å². The highest BCUT2D eigenvalue weighted by atomic mass is 16.5. The molecule has 0 aliphatic carbocycles. The van der Waals surface area contributed by atoms with Gasteiger partial charge >= 0.3 is 0 Å². The van der Waals surface area contributed by atoms with Crippen LogP contribution in [0.2, 0.25) is 0 Å². The summed E-state index contributed by atoms with van der Waals surface area (Å²) in [6.45, 7) is 9.84. The van der Waals surface area contributed by atoms with Crippen LogP contribution in [0.4, 0.5) is 0 Å². The van der Waals surface area contributed by atoms with Gasteiger partial charge in [0.2, 0.25) is 0 Å². The predicted molar refractivity (Wildman–Crippen MR) is 69.2 cm³/mol. The Morgan fingerprint density at radius 2 is 2.00 bits per heavy atom. The van der Waals surface area contributed by atoms with Crippen LogP contribution in [0.1, 0.15) is 25.0 Å². The van der Waals surface area contributed by atoms with Gasteiger partial charge in [-0.2, -0.15) is 5.26 Å². The number of hydrogen-bond acceptors (Lipinski definition) is 3. The molecule has 0 radical (unpaired) electrons. The number of aryl methyl sites for hydroxylation is 1. The molecule has 3 heteroatoms.